The molecular formula is C25H41IN4O. The van der Waals surface area contributed by atoms with Crippen molar-refractivity contribution in [2.75, 3.05) is 32.7 Å². The Bertz CT molecular complexity index is 701. The average molecular weight is 541 g/mol. The molecule has 0 radical (unpaired) electrons. The lowest BCUT2D eigenvalue weighted by atomic mass is 9.78. The number of benzene rings is 1. The second-order valence-electron chi connectivity index (χ2n) is 9.69. The molecule has 0 spiro atoms. The van der Waals surface area contributed by atoms with Gasteiger partial charge in [-0.25, -0.2) is 0 Å². The van der Waals surface area contributed by atoms with E-state index in [1.807, 2.05) is 11.0 Å². The van der Waals surface area contributed by atoms with Crippen molar-refractivity contribution >= 4 is 35.8 Å². The molecule has 1 aromatic carbocycles. The van der Waals surface area contributed by atoms with E-state index in [0.29, 0.717) is 12.3 Å². The van der Waals surface area contributed by atoms with Crippen LogP contribution in [0, 0.1) is 17.3 Å². The highest BCUT2D eigenvalue weighted by Gasteiger charge is 2.32. The van der Waals surface area contributed by atoms with E-state index in [9.17, 15) is 4.79 Å². The van der Waals surface area contributed by atoms with E-state index in [-0.39, 0.29) is 35.3 Å². The summed E-state index contributed by atoms with van der Waals surface area (Å²) in [6.45, 7) is 11.0. The van der Waals surface area contributed by atoms with Crippen molar-refractivity contribution in [3.8, 4) is 0 Å². The SMILES string of the molecule is CCNC(=NCC(C)(C)C1CCCC1)NCC1CC(=O)N(CCc2ccccc2)C1.I. The minimum absolute atomic E-state index is 0. The van der Waals surface area contributed by atoms with Gasteiger partial charge in [-0.2, -0.15) is 0 Å². The van der Waals surface area contributed by atoms with Crippen LogP contribution in [0.2, 0.25) is 0 Å². The van der Waals surface area contributed by atoms with E-state index >= 15 is 0 Å². The summed E-state index contributed by atoms with van der Waals surface area (Å²) >= 11 is 0. The normalized spacial score (nSPS) is 20.1. The standard InChI is InChI=1S/C25H40N4O.HI/c1-4-26-24(28-19-25(2,3)22-12-8-9-13-22)27-17-21-16-23(30)29(18-21)15-14-20-10-6-5-7-11-20;/h5-7,10-11,21-22H,4,8-9,12-19H2,1-3H3,(H2,26,27,28);1H. The molecule has 2 N–H and O–H groups in total. The van der Waals surface area contributed by atoms with Crippen molar-refractivity contribution in [3.63, 3.8) is 0 Å². The Balaban J connectivity index is 0.00000341. The number of amides is 1. The third kappa shape index (κ3) is 7.95. The molecule has 1 aliphatic carbocycles. The van der Waals surface area contributed by atoms with Gasteiger partial charge >= 0.3 is 0 Å². The maximum atomic E-state index is 12.4. The highest BCUT2D eigenvalue weighted by molar-refractivity contribution is 14.0. The van der Waals surface area contributed by atoms with Crippen molar-refractivity contribution in [3.05, 3.63) is 35.9 Å². The molecule has 1 unspecified atom stereocenters. The number of guanidine groups is 1. The van der Waals surface area contributed by atoms with Crippen molar-refractivity contribution in [1.29, 1.82) is 0 Å². The molecule has 31 heavy (non-hydrogen) atoms. The van der Waals surface area contributed by atoms with E-state index in [1.54, 1.807) is 0 Å². The quantitative estimate of drug-likeness (QED) is 0.276. The lowest BCUT2D eigenvalue weighted by molar-refractivity contribution is -0.127. The molecule has 1 atom stereocenters. The highest BCUT2D eigenvalue weighted by atomic mass is 127. The Morgan fingerprint density at radius 1 is 1.16 bits per heavy atom. The number of halogens is 1. The molecule has 0 bridgehead atoms. The summed E-state index contributed by atoms with van der Waals surface area (Å²) in [6, 6.07) is 10.4. The Morgan fingerprint density at radius 2 is 1.87 bits per heavy atom. The molecule has 1 saturated heterocycles. The molecule has 1 aromatic rings. The summed E-state index contributed by atoms with van der Waals surface area (Å²) in [5, 5.41) is 6.88. The fourth-order valence-electron chi connectivity index (χ4n) is 4.82. The summed E-state index contributed by atoms with van der Waals surface area (Å²) in [7, 11) is 0. The van der Waals surface area contributed by atoms with E-state index in [1.165, 1.54) is 31.2 Å². The first-order valence-electron chi connectivity index (χ1n) is 11.8. The minimum atomic E-state index is 0. The number of hydrogen-bond acceptors (Lipinski definition) is 2. The first kappa shape index (κ1) is 25.9. The van der Waals surface area contributed by atoms with Crippen LogP contribution in [-0.4, -0.2) is 49.5 Å². The molecule has 1 aliphatic heterocycles. The zero-order valence-electron chi connectivity index (χ0n) is 19.5. The highest BCUT2D eigenvalue weighted by Crippen LogP contribution is 2.39. The number of carbonyl (C=O) groups is 1. The largest absolute Gasteiger partial charge is 0.357 e. The molecule has 5 nitrogen and oxygen atoms in total. The Labute approximate surface area is 205 Å². The van der Waals surface area contributed by atoms with Gasteiger partial charge in [0, 0.05) is 45.1 Å². The number of carbonyl (C=O) groups excluding carboxylic acids is 1. The fraction of sp³-hybridized carbons (Fsp3) is 0.680. The van der Waals surface area contributed by atoms with Gasteiger partial charge in [-0.1, -0.05) is 57.0 Å². The van der Waals surface area contributed by atoms with E-state index < -0.39 is 0 Å². The molecule has 1 amide bonds. The van der Waals surface area contributed by atoms with Crippen molar-refractivity contribution in [2.24, 2.45) is 22.2 Å². The second kappa shape index (κ2) is 12.7. The number of nitrogens with one attached hydrogen (secondary N) is 2. The molecule has 3 rings (SSSR count). The van der Waals surface area contributed by atoms with Gasteiger partial charge in [-0.3, -0.25) is 9.79 Å². The summed E-state index contributed by atoms with van der Waals surface area (Å²) in [6.07, 6.45) is 6.98. The van der Waals surface area contributed by atoms with Crippen molar-refractivity contribution in [2.45, 2.75) is 59.3 Å². The Kier molecular flexibility index (Phi) is 10.6. The maximum absolute atomic E-state index is 12.4. The second-order valence-corrected chi connectivity index (χ2v) is 9.69. The molecular weight excluding hydrogens is 499 g/mol. The van der Waals surface area contributed by atoms with E-state index in [0.717, 1.165) is 51.0 Å². The monoisotopic (exact) mass is 540 g/mol. The molecule has 174 valence electrons. The van der Waals surface area contributed by atoms with Crippen LogP contribution in [0.3, 0.4) is 0 Å². The first-order chi connectivity index (χ1) is 14.5. The number of aliphatic imine (C=N–C) groups is 1. The summed E-state index contributed by atoms with van der Waals surface area (Å²) < 4.78 is 0. The van der Waals surface area contributed by atoms with Crippen LogP contribution in [0.15, 0.2) is 35.3 Å². The fourth-order valence-corrected chi connectivity index (χ4v) is 4.82. The zero-order chi connectivity index (χ0) is 21.4. The van der Waals surface area contributed by atoms with Gasteiger partial charge in [0.2, 0.25) is 5.91 Å². The summed E-state index contributed by atoms with van der Waals surface area (Å²) in [5.41, 5.74) is 1.54. The van der Waals surface area contributed by atoms with Crippen LogP contribution in [-0.2, 0) is 11.2 Å². The molecule has 2 aliphatic rings. The summed E-state index contributed by atoms with van der Waals surface area (Å²) in [5.74, 6) is 2.30. The van der Waals surface area contributed by atoms with Gasteiger partial charge in [-0.05, 0) is 43.1 Å². The topological polar surface area (TPSA) is 56.7 Å². The maximum Gasteiger partial charge on any atom is 0.223 e. The molecule has 2 fully saturated rings. The predicted octanol–water partition coefficient (Wildman–Crippen LogP) is 4.47. The average Bonchev–Trinajstić information content (AvgIpc) is 3.40. The third-order valence-corrected chi connectivity index (χ3v) is 6.82. The smallest absolute Gasteiger partial charge is 0.223 e. The van der Waals surface area contributed by atoms with Crippen LogP contribution < -0.4 is 10.6 Å². The van der Waals surface area contributed by atoms with Gasteiger partial charge in [-0.15, -0.1) is 24.0 Å². The first-order valence-corrected chi connectivity index (χ1v) is 11.8. The van der Waals surface area contributed by atoms with Gasteiger partial charge in [0.05, 0.1) is 0 Å². The Hall–Kier alpha value is -1.31. The number of hydrogen-bond donors (Lipinski definition) is 2. The van der Waals surface area contributed by atoms with Crippen LogP contribution in [0.5, 0.6) is 0 Å². The lowest BCUT2D eigenvalue weighted by Crippen LogP contribution is -2.41. The lowest BCUT2D eigenvalue weighted by Gasteiger charge is -2.30. The molecule has 6 heteroatoms. The minimum Gasteiger partial charge on any atom is -0.357 e. The summed E-state index contributed by atoms with van der Waals surface area (Å²) in [4.78, 5) is 19.4. The third-order valence-electron chi connectivity index (χ3n) is 6.82. The Morgan fingerprint density at radius 3 is 2.55 bits per heavy atom. The van der Waals surface area contributed by atoms with Crippen LogP contribution in [0.1, 0.15) is 58.4 Å². The number of nitrogens with zero attached hydrogens (tertiary/aromatic N) is 2. The van der Waals surface area contributed by atoms with Crippen LogP contribution >= 0.6 is 24.0 Å². The van der Waals surface area contributed by atoms with Gasteiger partial charge in [0.15, 0.2) is 5.96 Å². The van der Waals surface area contributed by atoms with Crippen molar-refractivity contribution < 1.29 is 4.79 Å². The predicted molar refractivity (Wildman–Crippen MR) is 140 cm³/mol. The van der Waals surface area contributed by atoms with Crippen LogP contribution in [0.25, 0.3) is 0 Å². The van der Waals surface area contributed by atoms with Crippen molar-refractivity contribution in [1.82, 2.24) is 15.5 Å². The molecule has 1 heterocycles. The van der Waals surface area contributed by atoms with E-state index in [2.05, 4.69) is 55.7 Å². The number of likely N-dealkylation sites (tertiary alicyclic amines) is 1. The van der Waals surface area contributed by atoms with Crippen LogP contribution in [0.4, 0.5) is 0 Å². The van der Waals surface area contributed by atoms with Gasteiger partial charge in [0.1, 0.15) is 0 Å². The molecule has 1 saturated carbocycles. The molecule has 0 aromatic heterocycles. The van der Waals surface area contributed by atoms with E-state index in [4.69, 9.17) is 4.99 Å². The van der Waals surface area contributed by atoms with Gasteiger partial charge < -0.3 is 15.5 Å². The zero-order valence-corrected chi connectivity index (χ0v) is 21.9. The number of rotatable bonds is 9. The van der Waals surface area contributed by atoms with Gasteiger partial charge in [0.25, 0.3) is 0 Å².